The fourth-order valence-electron chi connectivity index (χ4n) is 1.08. The number of nitrogens with one attached hydrogen (secondary N) is 1. The van der Waals surface area contributed by atoms with Gasteiger partial charge in [-0.05, 0) is 18.1 Å². The molecule has 0 aliphatic heterocycles. The highest BCUT2D eigenvalue weighted by Gasteiger charge is 2.24. The van der Waals surface area contributed by atoms with Crippen LogP contribution in [0.1, 0.15) is 32.8 Å². The molecule has 0 fully saturated rings. The summed E-state index contributed by atoms with van der Waals surface area (Å²) in [6, 6.07) is 3.82. The summed E-state index contributed by atoms with van der Waals surface area (Å²) in [5.74, 6) is 0.0915. The van der Waals surface area contributed by atoms with Crippen molar-refractivity contribution < 1.29 is 4.79 Å². The summed E-state index contributed by atoms with van der Waals surface area (Å²) in [5, 5.41) is 2.91. The molecule has 1 aromatic rings. The van der Waals surface area contributed by atoms with Crippen molar-refractivity contribution in [3.05, 3.63) is 30.1 Å². The molecule has 0 aliphatic carbocycles. The minimum atomic E-state index is -0.289. The first-order valence-corrected chi connectivity index (χ1v) is 5.23. The third kappa shape index (κ3) is 3.35. The van der Waals surface area contributed by atoms with Crippen molar-refractivity contribution in [2.24, 2.45) is 5.41 Å². The van der Waals surface area contributed by atoms with Crippen LogP contribution < -0.4 is 5.32 Å². The number of carbonyl (C=O) groups is 1. The summed E-state index contributed by atoms with van der Waals surface area (Å²) < 4.78 is 0. The average molecular weight is 206 g/mol. The minimum absolute atomic E-state index is 0.0915. The van der Waals surface area contributed by atoms with Crippen molar-refractivity contribution in [3.63, 3.8) is 0 Å². The van der Waals surface area contributed by atoms with E-state index in [0.29, 0.717) is 6.54 Å². The Hall–Kier alpha value is -1.38. The molecule has 1 heterocycles. The lowest BCUT2D eigenvalue weighted by molar-refractivity contribution is -0.129. The highest BCUT2D eigenvalue weighted by Crippen LogP contribution is 2.19. The second kappa shape index (κ2) is 4.91. The van der Waals surface area contributed by atoms with E-state index in [1.165, 1.54) is 0 Å². The van der Waals surface area contributed by atoms with Gasteiger partial charge in [-0.25, -0.2) is 0 Å². The number of hydrogen-bond donors (Lipinski definition) is 1. The first-order valence-electron chi connectivity index (χ1n) is 5.23. The average Bonchev–Trinajstić information content (AvgIpc) is 2.27. The molecular formula is C12H18N2O. The number of aromatic nitrogens is 1. The Morgan fingerprint density at radius 2 is 2.27 bits per heavy atom. The van der Waals surface area contributed by atoms with Gasteiger partial charge in [-0.15, -0.1) is 0 Å². The zero-order valence-corrected chi connectivity index (χ0v) is 9.58. The Bertz CT molecular complexity index is 320. The Kier molecular flexibility index (Phi) is 3.83. The number of amides is 1. The van der Waals surface area contributed by atoms with Crippen molar-refractivity contribution >= 4 is 5.91 Å². The maximum atomic E-state index is 11.7. The first-order chi connectivity index (χ1) is 7.06. The van der Waals surface area contributed by atoms with E-state index in [0.717, 1.165) is 12.0 Å². The van der Waals surface area contributed by atoms with Gasteiger partial charge in [-0.3, -0.25) is 9.78 Å². The second-order valence-corrected chi connectivity index (χ2v) is 4.28. The molecule has 15 heavy (non-hydrogen) atoms. The van der Waals surface area contributed by atoms with Crippen LogP contribution in [-0.2, 0) is 11.3 Å². The number of nitrogens with zero attached hydrogens (tertiary/aromatic N) is 1. The predicted octanol–water partition coefficient (Wildman–Crippen LogP) is 2.13. The summed E-state index contributed by atoms with van der Waals surface area (Å²) in [6.07, 6.45) is 4.33. The normalized spacial score (nSPS) is 11.1. The summed E-state index contributed by atoms with van der Waals surface area (Å²) in [5.41, 5.74) is 0.736. The molecule has 0 radical (unpaired) electrons. The van der Waals surface area contributed by atoms with Crippen LogP contribution in [0.25, 0.3) is 0 Å². The van der Waals surface area contributed by atoms with E-state index in [4.69, 9.17) is 0 Å². The second-order valence-electron chi connectivity index (χ2n) is 4.28. The van der Waals surface area contributed by atoms with E-state index in [1.54, 1.807) is 12.4 Å². The van der Waals surface area contributed by atoms with Gasteiger partial charge in [-0.1, -0.05) is 26.8 Å². The van der Waals surface area contributed by atoms with Gasteiger partial charge in [0.2, 0.25) is 5.91 Å². The van der Waals surface area contributed by atoms with Crippen LogP contribution in [0.5, 0.6) is 0 Å². The quantitative estimate of drug-likeness (QED) is 0.820. The molecule has 0 atom stereocenters. The number of pyridine rings is 1. The van der Waals surface area contributed by atoms with E-state index < -0.39 is 0 Å². The topological polar surface area (TPSA) is 42.0 Å². The predicted molar refractivity (Wildman–Crippen MR) is 60.2 cm³/mol. The summed E-state index contributed by atoms with van der Waals surface area (Å²) in [4.78, 5) is 15.7. The van der Waals surface area contributed by atoms with Crippen LogP contribution in [0.4, 0.5) is 0 Å². The Morgan fingerprint density at radius 3 is 2.80 bits per heavy atom. The Balaban J connectivity index is 2.48. The maximum absolute atomic E-state index is 11.7. The van der Waals surface area contributed by atoms with E-state index in [9.17, 15) is 4.79 Å². The van der Waals surface area contributed by atoms with E-state index in [-0.39, 0.29) is 11.3 Å². The third-order valence-electron chi connectivity index (χ3n) is 2.67. The molecule has 0 bridgehead atoms. The molecule has 1 amide bonds. The molecule has 0 aliphatic rings. The third-order valence-corrected chi connectivity index (χ3v) is 2.67. The zero-order chi connectivity index (χ0) is 11.3. The molecule has 0 unspecified atom stereocenters. The van der Waals surface area contributed by atoms with Crippen LogP contribution in [0.15, 0.2) is 24.5 Å². The van der Waals surface area contributed by atoms with Crippen molar-refractivity contribution in [1.82, 2.24) is 10.3 Å². The highest BCUT2D eigenvalue weighted by atomic mass is 16.2. The summed E-state index contributed by atoms with van der Waals surface area (Å²) >= 11 is 0. The van der Waals surface area contributed by atoms with Crippen LogP contribution in [0.2, 0.25) is 0 Å². The van der Waals surface area contributed by atoms with E-state index in [1.807, 2.05) is 32.9 Å². The van der Waals surface area contributed by atoms with Gasteiger partial charge < -0.3 is 5.32 Å². The number of hydrogen-bond acceptors (Lipinski definition) is 2. The molecule has 1 aromatic heterocycles. The van der Waals surface area contributed by atoms with Crippen LogP contribution in [0.3, 0.4) is 0 Å². The van der Waals surface area contributed by atoms with Crippen molar-refractivity contribution in [2.45, 2.75) is 33.7 Å². The Labute approximate surface area is 90.9 Å². The lowest BCUT2D eigenvalue weighted by atomic mass is 9.89. The lowest BCUT2D eigenvalue weighted by Gasteiger charge is -2.21. The summed E-state index contributed by atoms with van der Waals surface area (Å²) in [7, 11) is 0. The molecule has 82 valence electrons. The van der Waals surface area contributed by atoms with Gasteiger partial charge >= 0.3 is 0 Å². The van der Waals surface area contributed by atoms with Crippen LogP contribution >= 0.6 is 0 Å². The fraction of sp³-hybridized carbons (Fsp3) is 0.500. The zero-order valence-electron chi connectivity index (χ0n) is 9.58. The van der Waals surface area contributed by atoms with E-state index in [2.05, 4.69) is 10.3 Å². The molecule has 1 rings (SSSR count). The lowest BCUT2D eigenvalue weighted by Crippen LogP contribution is -2.35. The van der Waals surface area contributed by atoms with Gasteiger partial charge in [0.1, 0.15) is 0 Å². The van der Waals surface area contributed by atoms with Crippen LogP contribution in [0, 0.1) is 5.41 Å². The van der Waals surface area contributed by atoms with Gasteiger partial charge in [0, 0.05) is 24.4 Å². The van der Waals surface area contributed by atoms with E-state index >= 15 is 0 Å². The first kappa shape index (κ1) is 11.7. The van der Waals surface area contributed by atoms with Crippen LogP contribution in [-0.4, -0.2) is 10.9 Å². The number of rotatable bonds is 4. The fourth-order valence-corrected chi connectivity index (χ4v) is 1.08. The SMILES string of the molecule is CCC(C)(C)C(=O)NCc1cccnc1. The van der Waals surface area contributed by atoms with Gasteiger partial charge in [-0.2, -0.15) is 0 Å². The Morgan fingerprint density at radius 1 is 1.53 bits per heavy atom. The number of carbonyl (C=O) groups excluding carboxylic acids is 1. The molecule has 3 heteroatoms. The monoisotopic (exact) mass is 206 g/mol. The molecule has 0 spiro atoms. The largest absolute Gasteiger partial charge is 0.352 e. The molecule has 3 nitrogen and oxygen atoms in total. The van der Waals surface area contributed by atoms with Gasteiger partial charge in [0.25, 0.3) is 0 Å². The molecule has 0 aromatic carbocycles. The molecule has 0 saturated heterocycles. The standard InChI is InChI=1S/C12H18N2O/c1-4-12(2,3)11(15)14-9-10-6-5-7-13-8-10/h5-8H,4,9H2,1-3H3,(H,14,15). The maximum Gasteiger partial charge on any atom is 0.225 e. The highest BCUT2D eigenvalue weighted by molar-refractivity contribution is 5.81. The van der Waals surface area contributed by atoms with Crippen molar-refractivity contribution in [2.75, 3.05) is 0 Å². The van der Waals surface area contributed by atoms with Gasteiger partial charge in [0.05, 0.1) is 0 Å². The minimum Gasteiger partial charge on any atom is -0.352 e. The smallest absolute Gasteiger partial charge is 0.225 e. The van der Waals surface area contributed by atoms with Gasteiger partial charge in [0.15, 0.2) is 0 Å². The molecular weight excluding hydrogens is 188 g/mol. The van der Waals surface area contributed by atoms with Crippen molar-refractivity contribution in [1.29, 1.82) is 0 Å². The summed E-state index contributed by atoms with van der Waals surface area (Å²) in [6.45, 7) is 6.47. The molecule has 1 N–H and O–H groups in total. The molecule has 0 saturated carbocycles. The van der Waals surface area contributed by atoms with Crippen molar-refractivity contribution in [3.8, 4) is 0 Å².